The van der Waals surface area contributed by atoms with Gasteiger partial charge in [0.25, 0.3) is 20.0 Å². The first kappa shape index (κ1) is 45.0. The van der Waals surface area contributed by atoms with E-state index in [1.54, 1.807) is 38.1 Å². The van der Waals surface area contributed by atoms with Crippen LogP contribution in [0.2, 0.25) is 0 Å². The molecule has 310 valence electrons. The molecule has 0 heterocycles. The second-order valence-electron chi connectivity index (χ2n) is 13.3. The summed E-state index contributed by atoms with van der Waals surface area (Å²) in [7, 11) is -8.17. The highest BCUT2D eigenvalue weighted by Crippen LogP contribution is 2.27. The molecule has 0 saturated heterocycles. The maximum Gasteiger partial charge on any atom is 0.340 e. The van der Waals surface area contributed by atoms with Crippen LogP contribution < -0.4 is 20.1 Å². The number of benzene rings is 4. The van der Waals surface area contributed by atoms with E-state index in [0.29, 0.717) is 0 Å². The molecule has 0 aromatic heterocycles. The van der Waals surface area contributed by atoms with Crippen molar-refractivity contribution in [3.63, 3.8) is 0 Å². The molecule has 4 N–H and O–H groups in total. The molecule has 0 bridgehead atoms. The minimum Gasteiger partial charge on any atom is -0.462 e. The minimum absolute atomic E-state index is 0.00926. The van der Waals surface area contributed by atoms with E-state index in [-0.39, 0.29) is 69.7 Å². The van der Waals surface area contributed by atoms with Gasteiger partial charge in [0.05, 0.1) is 45.5 Å². The Hall–Kier alpha value is -5.74. The number of aryl methyl sites for hydroxylation is 2. The molecule has 0 saturated carbocycles. The van der Waals surface area contributed by atoms with Gasteiger partial charge in [-0.3, -0.25) is 19.0 Å². The molecule has 0 atom stereocenters. The van der Waals surface area contributed by atoms with Crippen LogP contribution in [0.1, 0.15) is 98.1 Å². The van der Waals surface area contributed by atoms with E-state index >= 15 is 0 Å². The Bertz CT molecular complexity index is 2130. The van der Waals surface area contributed by atoms with Crippen molar-refractivity contribution < 1.29 is 45.5 Å². The second-order valence-corrected chi connectivity index (χ2v) is 16.6. The summed E-state index contributed by atoms with van der Waals surface area (Å²) < 4.78 is 68.0. The van der Waals surface area contributed by atoms with Crippen molar-refractivity contribution in [1.82, 2.24) is 0 Å². The summed E-state index contributed by atoms with van der Waals surface area (Å²) in [4.78, 5) is 51.6. The Kier molecular flexibility index (Phi) is 16.4. The van der Waals surface area contributed by atoms with Crippen LogP contribution in [0.15, 0.2) is 94.7 Å². The minimum atomic E-state index is -4.08. The molecule has 58 heavy (non-hydrogen) atoms. The number of amides is 2. The average Bonchev–Trinajstić information content (AvgIpc) is 3.20. The van der Waals surface area contributed by atoms with E-state index in [1.165, 1.54) is 60.7 Å². The summed E-state index contributed by atoms with van der Waals surface area (Å²) in [5.74, 6) is -2.81. The average molecular weight is 835 g/mol. The third-order valence-electron chi connectivity index (χ3n) is 8.77. The molecule has 0 unspecified atom stereocenters. The fourth-order valence-corrected chi connectivity index (χ4v) is 7.85. The SMILES string of the molecule is CCCCc1ccc(S(=O)(=O)Nc2ccc(NC(=O)CCC(=O)Nc3ccc(NS(=O)(=O)c4ccc(CCCC)cc4)c(C(=O)OCC)c3)cc2C(=O)OCC)cc1. The van der Waals surface area contributed by atoms with Crippen molar-refractivity contribution in [2.75, 3.05) is 33.3 Å². The number of hydrogen-bond acceptors (Lipinski definition) is 10. The van der Waals surface area contributed by atoms with Gasteiger partial charge in [-0.25, -0.2) is 26.4 Å². The molecule has 2 amide bonds. The lowest BCUT2D eigenvalue weighted by Gasteiger charge is -2.15. The number of esters is 2. The molecule has 4 aromatic carbocycles. The van der Waals surface area contributed by atoms with Crippen LogP contribution in [0.5, 0.6) is 0 Å². The lowest BCUT2D eigenvalue weighted by atomic mass is 10.1. The molecule has 4 aromatic rings. The molecule has 0 aliphatic carbocycles. The lowest BCUT2D eigenvalue weighted by molar-refractivity contribution is -0.121. The number of anilines is 4. The summed E-state index contributed by atoms with van der Waals surface area (Å²) >= 11 is 0. The molecule has 0 aliphatic rings. The van der Waals surface area contributed by atoms with Gasteiger partial charge in [-0.05, 0) is 111 Å². The van der Waals surface area contributed by atoms with Crippen LogP contribution in [-0.4, -0.2) is 53.8 Å². The maximum atomic E-state index is 13.2. The molecule has 0 aliphatic heterocycles. The molecular weight excluding hydrogens is 785 g/mol. The third kappa shape index (κ3) is 12.9. The number of sulfonamides is 2. The number of hydrogen-bond donors (Lipinski definition) is 4. The quantitative estimate of drug-likeness (QED) is 0.0603. The molecule has 0 radical (unpaired) electrons. The van der Waals surface area contributed by atoms with E-state index in [2.05, 4.69) is 33.9 Å². The number of carbonyl (C=O) groups is 4. The summed E-state index contributed by atoms with van der Waals surface area (Å²) in [5, 5.41) is 5.21. The van der Waals surface area contributed by atoms with Gasteiger partial charge in [0.1, 0.15) is 0 Å². The molecule has 14 nitrogen and oxygen atoms in total. The Morgan fingerprint density at radius 1 is 0.517 bits per heavy atom. The highest BCUT2D eigenvalue weighted by Gasteiger charge is 2.23. The van der Waals surface area contributed by atoms with E-state index < -0.39 is 43.8 Å². The second kappa shape index (κ2) is 21.1. The Labute approximate surface area is 340 Å². The van der Waals surface area contributed by atoms with Crippen LogP contribution in [-0.2, 0) is 52.0 Å². The number of rotatable bonds is 21. The number of nitrogens with one attached hydrogen (secondary N) is 4. The first-order valence-corrected chi connectivity index (χ1v) is 22.1. The van der Waals surface area contributed by atoms with Gasteiger partial charge in [0.2, 0.25) is 11.8 Å². The van der Waals surface area contributed by atoms with Crippen LogP contribution in [0.4, 0.5) is 22.7 Å². The predicted octanol–water partition coefficient (Wildman–Crippen LogP) is 7.68. The fraction of sp³-hybridized carbons (Fsp3) is 0.333. The molecule has 4 rings (SSSR count). The lowest BCUT2D eigenvalue weighted by Crippen LogP contribution is -2.19. The van der Waals surface area contributed by atoms with E-state index in [0.717, 1.165) is 49.7 Å². The first-order chi connectivity index (χ1) is 27.7. The fourth-order valence-electron chi connectivity index (χ4n) is 5.69. The summed E-state index contributed by atoms with van der Waals surface area (Å²) in [5.41, 5.74) is 1.94. The summed E-state index contributed by atoms with van der Waals surface area (Å²) in [6.45, 7) is 7.37. The Morgan fingerprint density at radius 2 is 0.879 bits per heavy atom. The smallest absolute Gasteiger partial charge is 0.340 e. The standard InChI is InChI=1S/C42H50N4O10S2/c1-5-9-11-29-13-19-33(20-14-29)57(51,52)45-37-23-17-31(27-35(37)41(49)55-7-3)43-39(47)25-26-40(48)44-32-18-24-38(36(28-32)42(50)56-8-4)46-58(53,54)34-21-15-30(16-22-34)12-10-6-2/h13-24,27-28,45-46H,5-12,25-26H2,1-4H3,(H,43,47)(H,44,48). The largest absolute Gasteiger partial charge is 0.462 e. The predicted molar refractivity (Wildman–Crippen MR) is 223 cm³/mol. The van der Waals surface area contributed by atoms with Gasteiger partial charge in [-0.1, -0.05) is 51.0 Å². The molecule has 0 spiro atoms. The van der Waals surface area contributed by atoms with E-state index in [4.69, 9.17) is 9.47 Å². The van der Waals surface area contributed by atoms with Gasteiger partial charge >= 0.3 is 11.9 Å². The normalized spacial score (nSPS) is 11.3. The van der Waals surface area contributed by atoms with Crippen molar-refractivity contribution in [3.05, 3.63) is 107 Å². The molecular formula is C42H50N4O10S2. The molecule has 0 fully saturated rings. The number of ether oxygens (including phenoxy) is 2. The van der Waals surface area contributed by atoms with Gasteiger partial charge in [0, 0.05) is 24.2 Å². The first-order valence-electron chi connectivity index (χ1n) is 19.1. The van der Waals surface area contributed by atoms with Crippen LogP contribution in [0.25, 0.3) is 0 Å². The Morgan fingerprint density at radius 3 is 1.21 bits per heavy atom. The maximum absolute atomic E-state index is 13.2. The zero-order valence-corrected chi connectivity index (χ0v) is 34.7. The highest BCUT2D eigenvalue weighted by atomic mass is 32.2. The van der Waals surface area contributed by atoms with Gasteiger partial charge in [-0.2, -0.15) is 0 Å². The topological polar surface area (TPSA) is 203 Å². The zero-order valence-electron chi connectivity index (χ0n) is 33.1. The van der Waals surface area contributed by atoms with E-state index in [9.17, 15) is 36.0 Å². The molecule has 16 heteroatoms. The Balaban J connectivity index is 1.41. The third-order valence-corrected chi connectivity index (χ3v) is 11.5. The number of unbranched alkanes of at least 4 members (excludes halogenated alkanes) is 2. The summed E-state index contributed by atoms with van der Waals surface area (Å²) in [6.07, 6.45) is 5.03. The van der Waals surface area contributed by atoms with Crippen LogP contribution >= 0.6 is 0 Å². The van der Waals surface area contributed by atoms with Gasteiger partial charge in [-0.15, -0.1) is 0 Å². The van der Waals surface area contributed by atoms with Crippen molar-refractivity contribution >= 4 is 66.5 Å². The summed E-state index contributed by atoms with van der Waals surface area (Å²) in [6, 6.07) is 21.0. The van der Waals surface area contributed by atoms with Crippen molar-refractivity contribution in [2.24, 2.45) is 0 Å². The number of carbonyl (C=O) groups excluding carboxylic acids is 4. The monoisotopic (exact) mass is 834 g/mol. The van der Waals surface area contributed by atoms with Crippen molar-refractivity contribution in [2.45, 2.75) is 88.9 Å². The van der Waals surface area contributed by atoms with Crippen LogP contribution in [0.3, 0.4) is 0 Å². The van der Waals surface area contributed by atoms with Crippen molar-refractivity contribution in [3.8, 4) is 0 Å². The van der Waals surface area contributed by atoms with Crippen LogP contribution in [0, 0.1) is 0 Å². The van der Waals surface area contributed by atoms with Gasteiger partial charge in [0.15, 0.2) is 0 Å². The zero-order chi connectivity index (χ0) is 42.3. The van der Waals surface area contributed by atoms with E-state index in [1.807, 2.05) is 0 Å². The highest BCUT2D eigenvalue weighted by molar-refractivity contribution is 7.93. The van der Waals surface area contributed by atoms with Crippen molar-refractivity contribution in [1.29, 1.82) is 0 Å². The van der Waals surface area contributed by atoms with Gasteiger partial charge < -0.3 is 20.1 Å².